The van der Waals surface area contributed by atoms with E-state index < -0.39 is 11.9 Å². The van der Waals surface area contributed by atoms with Crippen molar-refractivity contribution < 1.29 is 13.2 Å². The molecule has 3 rings (SSSR count). The fourth-order valence-electron chi connectivity index (χ4n) is 3.24. The van der Waals surface area contributed by atoms with Gasteiger partial charge in [0.2, 0.25) is 5.95 Å². The Labute approximate surface area is 202 Å². The third-order valence-corrected chi connectivity index (χ3v) is 4.93. The molecule has 0 unspecified atom stereocenters. The number of pyridine rings is 1. The maximum absolute atomic E-state index is 12.7. The molecule has 1 aliphatic heterocycles. The van der Waals surface area contributed by atoms with Crippen molar-refractivity contribution in [3.8, 4) is 0 Å². The normalized spacial score (nSPS) is 15.2. The minimum Gasteiger partial charge on any atom is -0.356 e. The van der Waals surface area contributed by atoms with Crippen molar-refractivity contribution >= 4 is 41.7 Å². The number of nitrogens with one attached hydrogen (secondary N) is 3. The van der Waals surface area contributed by atoms with Gasteiger partial charge in [-0.1, -0.05) is 6.07 Å². The number of guanidine groups is 1. The highest BCUT2D eigenvalue weighted by molar-refractivity contribution is 14.0. The number of rotatable bonds is 6. The van der Waals surface area contributed by atoms with E-state index in [2.05, 4.69) is 46.9 Å². The van der Waals surface area contributed by atoms with E-state index in [-0.39, 0.29) is 36.0 Å². The van der Waals surface area contributed by atoms with Crippen LogP contribution in [0.15, 0.2) is 35.6 Å². The molecule has 0 spiro atoms. The lowest BCUT2D eigenvalue weighted by atomic mass is 10.1. The minimum absolute atomic E-state index is 0. The molecule has 1 aliphatic rings. The smallest absolute Gasteiger partial charge is 0.356 e. The van der Waals surface area contributed by atoms with E-state index in [1.54, 1.807) is 7.05 Å². The first kappa shape index (κ1) is 25.9. The quantitative estimate of drug-likeness (QED) is 0.215. The Morgan fingerprint density at radius 3 is 2.53 bits per heavy atom. The summed E-state index contributed by atoms with van der Waals surface area (Å²) in [4.78, 5) is 18.3. The zero-order valence-corrected chi connectivity index (χ0v) is 20.3. The van der Waals surface area contributed by atoms with Crippen molar-refractivity contribution in [1.29, 1.82) is 0 Å². The number of alkyl halides is 3. The molecule has 32 heavy (non-hydrogen) atoms. The van der Waals surface area contributed by atoms with Crippen molar-refractivity contribution in [1.82, 2.24) is 25.6 Å². The van der Waals surface area contributed by atoms with Gasteiger partial charge in [0.15, 0.2) is 5.96 Å². The van der Waals surface area contributed by atoms with Crippen LogP contribution in [0.2, 0.25) is 0 Å². The van der Waals surface area contributed by atoms with Gasteiger partial charge in [0.1, 0.15) is 11.5 Å². The van der Waals surface area contributed by atoms with Crippen LogP contribution < -0.4 is 20.9 Å². The van der Waals surface area contributed by atoms with Gasteiger partial charge >= 0.3 is 6.18 Å². The van der Waals surface area contributed by atoms with Crippen LogP contribution >= 0.6 is 24.0 Å². The number of aryl methyl sites for hydroxylation is 1. The number of aromatic nitrogens is 3. The van der Waals surface area contributed by atoms with Gasteiger partial charge in [-0.05, 0) is 37.5 Å². The summed E-state index contributed by atoms with van der Waals surface area (Å²) in [6, 6.07) is 5.24. The second-order valence-corrected chi connectivity index (χ2v) is 7.29. The van der Waals surface area contributed by atoms with Crippen LogP contribution in [0.3, 0.4) is 0 Å². The van der Waals surface area contributed by atoms with Gasteiger partial charge in [-0.25, -0.2) is 15.0 Å². The minimum atomic E-state index is -4.49. The summed E-state index contributed by atoms with van der Waals surface area (Å²) < 4.78 is 38.1. The number of hydrogen-bond acceptors (Lipinski definition) is 6. The molecular weight excluding hydrogens is 536 g/mol. The zero-order chi connectivity index (χ0) is 22.3. The molecular formula is C20H28F3IN8. The Balaban J connectivity index is 0.00000363. The summed E-state index contributed by atoms with van der Waals surface area (Å²) in [6.07, 6.45) is 0.377. The Bertz CT molecular complexity index is 868. The molecule has 1 saturated heterocycles. The molecule has 176 valence electrons. The van der Waals surface area contributed by atoms with Crippen molar-refractivity contribution in [2.24, 2.45) is 4.99 Å². The fourth-order valence-corrected chi connectivity index (χ4v) is 3.24. The summed E-state index contributed by atoms with van der Waals surface area (Å²) in [6.45, 7) is 4.62. The van der Waals surface area contributed by atoms with Gasteiger partial charge in [0.25, 0.3) is 0 Å². The average Bonchev–Trinajstić information content (AvgIpc) is 2.76. The monoisotopic (exact) mass is 564 g/mol. The molecule has 3 heterocycles. The molecule has 3 N–H and O–H groups in total. The first-order chi connectivity index (χ1) is 14.8. The lowest BCUT2D eigenvalue weighted by Crippen LogP contribution is -2.49. The van der Waals surface area contributed by atoms with Gasteiger partial charge in [0.05, 0.1) is 0 Å². The van der Waals surface area contributed by atoms with E-state index in [9.17, 15) is 13.2 Å². The highest BCUT2D eigenvalue weighted by Crippen LogP contribution is 2.27. The second kappa shape index (κ2) is 12.0. The molecule has 12 heteroatoms. The zero-order valence-electron chi connectivity index (χ0n) is 18.0. The van der Waals surface area contributed by atoms with Gasteiger partial charge in [-0.15, -0.1) is 24.0 Å². The van der Waals surface area contributed by atoms with Crippen LogP contribution in [-0.2, 0) is 6.18 Å². The SMILES string of the molecule is CN=C(NCCNc1nccc(C(F)(F)F)n1)NC1CCN(c2ccc(C)cn2)CC1.I. The van der Waals surface area contributed by atoms with Gasteiger partial charge < -0.3 is 20.9 Å². The van der Waals surface area contributed by atoms with Gasteiger partial charge in [-0.3, -0.25) is 4.99 Å². The summed E-state index contributed by atoms with van der Waals surface area (Å²) in [7, 11) is 1.68. The number of nitrogens with zero attached hydrogens (tertiary/aromatic N) is 5. The summed E-state index contributed by atoms with van der Waals surface area (Å²) in [5.41, 5.74) is 0.173. The second-order valence-electron chi connectivity index (χ2n) is 7.29. The maximum Gasteiger partial charge on any atom is 0.433 e. The lowest BCUT2D eigenvalue weighted by molar-refractivity contribution is -0.141. The highest BCUT2D eigenvalue weighted by Gasteiger charge is 2.32. The Kier molecular flexibility index (Phi) is 9.72. The van der Waals surface area contributed by atoms with Crippen LogP contribution in [0.1, 0.15) is 24.1 Å². The summed E-state index contributed by atoms with van der Waals surface area (Å²) in [5, 5.41) is 9.34. The topological polar surface area (TPSA) is 90.4 Å². The van der Waals surface area contributed by atoms with Crippen LogP contribution in [-0.4, -0.2) is 60.2 Å². The molecule has 2 aromatic heterocycles. The van der Waals surface area contributed by atoms with Crippen molar-refractivity contribution in [2.45, 2.75) is 32.0 Å². The number of hydrogen-bond donors (Lipinski definition) is 3. The van der Waals surface area contributed by atoms with Crippen LogP contribution in [0.4, 0.5) is 24.9 Å². The van der Waals surface area contributed by atoms with E-state index in [1.165, 1.54) is 0 Å². The molecule has 0 aliphatic carbocycles. The van der Waals surface area contributed by atoms with E-state index in [0.29, 0.717) is 19.0 Å². The standard InChI is InChI=1S/C20H27F3N8.HI/c1-14-3-4-17(28-13-14)31-11-6-15(7-12-31)29-18(24-2)26-9-10-27-19-25-8-5-16(30-19)20(21,22)23;/h3-5,8,13,15H,6-7,9-12H2,1-2H3,(H2,24,26,29)(H,25,27,30);1H. The van der Waals surface area contributed by atoms with E-state index in [0.717, 1.165) is 49.6 Å². The van der Waals surface area contributed by atoms with E-state index >= 15 is 0 Å². The van der Waals surface area contributed by atoms with Gasteiger partial charge in [-0.2, -0.15) is 13.2 Å². The molecule has 0 bridgehead atoms. The number of piperidine rings is 1. The van der Waals surface area contributed by atoms with Crippen LogP contribution in [0, 0.1) is 6.92 Å². The van der Waals surface area contributed by atoms with Crippen LogP contribution in [0.25, 0.3) is 0 Å². The third kappa shape index (κ3) is 7.64. The van der Waals surface area contributed by atoms with E-state index in [1.807, 2.05) is 19.2 Å². The third-order valence-electron chi connectivity index (χ3n) is 4.93. The summed E-state index contributed by atoms with van der Waals surface area (Å²) >= 11 is 0. The Morgan fingerprint density at radius 2 is 1.91 bits per heavy atom. The molecule has 0 amide bonds. The molecule has 0 atom stereocenters. The largest absolute Gasteiger partial charge is 0.433 e. The summed E-state index contributed by atoms with van der Waals surface area (Å²) in [5.74, 6) is 1.59. The Hall–Kier alpha value is -2.38. The Morgan fingerprint density at radius 1 is 1.16 bits per heavy atom. The van der Waals surface area contributed by atoms with Crippen LogP contribution in [0.5, 0.6) is 0 Å². The van der Waals surface area contributed by atoms with Crippen molar-refractivity contribution in [2.75, 3.05) is 43.4 Å². The molecule has 0 saturated carbocycles. The first-order valence-corrected chi connectivity index (χ1v) is 10.1. The average molecular weight is 564 g/mol. The number of anilines is 2. The molecule has 1 fully saturated rings. The molecule has 0 aromatic carbocycles. The first-order valence-electron chi connectivity index (χ1n) is 10.1. The van der Waals surface area contributed by atoms with Crippen molar-refractivity contribution in [3.05, 3.63) is 41.9 Å². The molecule has 2 aromatic rings. The highest BCUT2D eigenvalue weighted by atomic mass is 127. The predicted octanol–water partition coefficient (Wildman–Crippen LogP) is 3.06. The maximum atomic E-state index is 12.7. The fraction of sp³-hybridized carbons (Fsp3) is 0.500. The van der Waals surface area contributed by atoms with Gasteiger partial charge in [0, 0.05) is 51.7 Å². The van der Waals surface area contributed by atoms with E-state index in [4.69, 9.17) is 0 Å². The molecule has 0 radical (unpaired) electrons. The number of aliphatic imine (C=N–C) groups is 1. The lowest BCUT2D eigenvalue weighted by Gasteiger charge is -2.33. The van der Waals surface area contributed by atoms with Crippen molar-refractivity contribution in [3.63, 3.8) is 0 Å². The number of halogens is 4. The predicted molar refractivity (Wildman–Crippen MR) is 130 cm³/mol. The molecule has 8 nitrogen and oxygen atoms in total.